The Kier molecular flexibility index (Phi) is 7.26. The van der Waals surface area contributed by atoms with E-state index in [4.69, 9.17) is 4.74 Å². The zero-order valence-corrected chi connectivity index (χ0v) is 19.9. The van der Waals surface area contributed by atoms with Crippen molar-refractivity contribution >= 4 is 56.7 Å². The third-order valence-electron chi connectivity index (χ3n) is 4.61. The molecule has 1 saturated heterocycles. The van der Waals surface area contributed by atoms with E-state index in [2.05, 4.69) is 78.5 Å². The van der Waals surface area contributed by atoms with Gasteiger partial charge >= 0.3 is 0 Å². The van der Waals surface area contributed by atoms with Crippen LogP contribution in [0.4, 0.5) is 29.0 Å². The highest BCUT2D eigenvalue weighted by molar-refractivity contribution is 9.10. The smallest absolute Gasteiger partial charge is 0.230 e. The van der Waals surface area contributed by atoms with Gasteiger partial charge < -0.3 is 20.3 Å². The van der Waals surface area contributed by atoms with Gasteiger partial charge in [-0.1, -0.05) is 26.0 Å². The van der Waals surface area contributed by atoms with Crippen LogP contribution in [0.1, 0.15) is 13.8 Å². The highest BCUT2D eigenvalue weighted by Crippen LogP contribution is 2.33. The van der Waals surface area contributed by atoms with E-state index in [0.717, 1.165) is 42.2 Å². The van der Waals surface area contributed by atoms with Crippen molar-refractivity contribution < 1.29 is 4.74 Å². The van der Waals surface area contributed by atoms with Crippen molar-refractivity contribution in [2.45, 2.75) is 24.0 Å². The van der Waals surface area contributed by atoms with Crippen molar-refractivity contribution in [1.82, 2.24) is 15.0 Å². The van der Waals surface area contributed by atoms with Crippen molar-refractivity contribution in [3.63, 3.8) is 0 Å². The van der Waals surface area contributed by atoms with Gasteiger partial charge in [-0.3, -0.25) is 0 Å². The molecule has 0 saturated carbocycles. The first kappa shape index (κ1) is 21.9. The standard InChI is InChI=1S/C22H25BrN6OS/c1-15(2)31-19-6-4-3-5-18(19)26-21-17(23)14-25-22(28-21)27-20-8-7-16(13-24-20)29-9-11-30-12-10-29/h3-8,13-15H,9-12H2,1-2H3,(H2,24,25,26,27,28). The van der Waals surface area contributed by atoms with Crippen molar-refractivity contribution in [3.05, 3.63) is 53.3 Å². The number of aromatic nitrogens is 3. The van der Waals surface area contributed by atoms with Crippen LogP contribution in [-0.2, 0) is 4.74 Å². The number of hydrogen-bond donors (Lipinski definition) is 2. The average molecular weight is 501 g/mol. The van der Waals surface area contributed by atoms with Crippen LogP contribution in [0.3, 0.4) is 0 Å². The molecule has 1 aromatic carbocycles. The van der Waals surface area contributed by atoms with E-state index in [0.29, 0.717) is 22.8 Å². The van der Waals surface area contributed by atoms with Crippen LogP contribution in [0.25, 0.3) is 0 Å². The van der Waals surface area contributed by atoms with Crippen molar-refractivity contribution in [3.8, 4) is 0 Å². The molecule has 0 radical (unpaired) electrons. The predicted octanol–water partition coefficient (Wildman–Crippen LogP) is 5.46. The Labute approximate surface area is 195 Å². The van der Waals surface area contributed by atoms with E-state index in [9.17, 15) is 0 Å². The zero-order chi connectivity index (χ0) is 21.6. The fourth-order valence-electron chi connectivity index (χ4n) is 3.15. The summed E-state index contributed by atoms with van der Waals surface area (Å²) in [6.07, 6.45) is 3.60. The van der Waals surface area contributed by atoms with Crippen LogP contribution in [-0.4, -0.2) is 46.5 Å². The fraction of sp³-hybridized carbons (Fsp3) is 0.318. The Morgan fingerprint density at radius 3 is 2.58 bits per heavy atom. The van der Waals surface area contributed by atoms with Crippen molar-refractivity contribution in [1.29, 1.82) is 0 Å². The van der Waals surface area contributed by atoms with Gasteiger partial charge in [-0.05, 0) is 40.2 Å². The molecule has 0 unspecified atom stereocenters. The summed E-state index contributed by atoms with van der Waals surface area (Å²) < 4.78 is 6.20. The molecule has 0 amide bonds. The van der Waals surface area contributed by atoms with Gasteiger partial charge in [0, 0.05) is 29.4 Å². The molecule has 162 valence electrons. The molecule has 2 aromatic heterocycles. The number of nitrogens with zero attached hydrogens (tertiary/aromatic N) is 4. The summed E-state index contributed by atoms with van der Waals surface area (Å²) in [6.45, 7) is 7.64. The van der Waals surface area contributed by atoms with E-state index in [-0.39, 0.29) is 0 Å². The monoisotopic (exact) mass is 500 g/mol. The first-order valence-electron chi connectivity index (χ1n) is 10.2. The largest absolute Gasteiger partial charge is 0.378 e. The Bertz CT molecular complexity index is 1010. The number of halogens is 1. The summed E-state index contributed by atoms with van der Waals surface area (Å²) in [7, 11) is 0. The van der Waals surface area contributed by atoms with Gasteiger partial charge in [0.15, 0.2) is 0 Å². The molecule has 4 rings (SSSR count). The molecule has 1 fully saturated rings. The van der Waals surface area contributed by atoms with Crippen LogP contribution < -0.4 is 15.5 Å². The highest BCUT2D eigenvalue weighted by Gasteiger charge is 2.13. The number of rotatable bonds is 7. The van der Waals surface area contributed by atoms with Crippen LogP contribution in [0.5, 0.6) is 0 Å². The van der Waals surface area contributed by atoms with E-state index in [1.807, 2.05) is 36.2 Å². The summed E-state index contributed by atoms with van der Waals surface area (Å²) >= 11 is 5.36. The lowest BCUT2D eigenvalue weighted by atomic mass is 10.3. The molecule has 3 heterocycles. The quantitative estimate of drug-likeness (QED) is 0.414. The number of ether oxygens (including phenoxy) is 1. The predicted molar refractivity (Wildman–Crippen MR) is 131 cm³/mol. The van der Waals surface area contributed by atoms with Gasteiger partial charge in [0.25, 0.3) is 0 Å². The van der Waals surface area contributed by atoms with Crippen LogP contribution in [0.15, 0.2) is 58.2 Å². The summed E-state index contributed by atoms with van der Waals surface area (Å²) in [6, 6.07) is 12.2. The molecule has 0 atom stereocenters. The minimum Gasteiger partial charge on any atom is -0.378 e. The Morgan fingerprint density at radius 1 is 1.03 bits per heavy atom. The maximum absolute atomic E-state index is 5.41. The molecule has 1 aliphatic rings. The molecule has 1 aliphatic heterocycles. The van der Waals surface area contributed by atoms with Crippen molar-refractivity contribution in [2.75, 3.05) is 41.8 Å². The van der Waals surface area contributed by atoms with E-state index < -0.39 is 0 Å². The second-order valence-electron chi connectivity index (χ2n) is 7.30. The minimum atomic E-state index is 0.478. The fourth-order valence-corrected chi connectivity index (χ4v) is 4.35. The van der Waals surface area contributed by atoms with Gasteiger partial charge in [-0.2, -0.15) is 4.98 Å². The molecule has 3 aromatic rings. The summed E-state index contributed by atoms with van der Waals surface area (Å²) in [5, 5.41) is 7.11. The average Bonchev–Trinajstić information content (AvgIpc) is 2.78. The van der Waals surface area contributed by atoms with Gasteiger partial charge in [0.2, 0.25) is 5.95 Å². The zero-order valence-electron chi connectivity index (χ0n) is 17.5. The number of thioether (sulfide) groups is 1. The van der Waals surface area contributed by atoms with Gasteiger partial charge in [-0.15, -0.1) is 11.8 Å². The Morgan fingerprint density at radius 2 is 1.84 bits per heavy atom. The number of morpholine rings is 1. The molecule has 7 nitrogen and oxygen atoms in total. The molecule has 9 heteroatoms. The second-order valence-corrected chi connectivity index (χ2v) is 9.78. The maximum Gasteiger partial charge on any atom is 0.230 e. The third-order valence-corrected chi connectivity index (χ3v) is 6.27. The summed E-state index contributed by atoms with van der Waals surface area (Å²) in [5.74, 6) is 1.87. The molecule has 31 heavy (non-hydrogen) atoms. The molecule has 0 spiro atoms. The SMILES string of the molecule is CC(C)Sc1ccccc1Nc1nc(Nc2ccc(N3CCOCC3)cn2)ncc1Br. The molecule has 2 N–H and O–H groups in total. The number of benzene rings is 1. The number of nitrogens with one attached hydrogen (secondary N) is 2. The molecular formula is C22H25BrN6OS. The topological polar surface area (TPSA) is 75.2 Å². The van der Waals surface area contributed by atoms with Crippen molar-refractivity contribution in [2.24, 2.45) is 0 Å². The molecule has 0 aliphatic carbocycles. The number of anilines is 5. The van der Waals surface area contributed by atoms with Gasteiger partial charge in [0.1, 0.15) is 11.6 Å². The molecule has 0 bridgehead atoms. The summed E-state index contributed by atoms with van der Waals surface area (Å²) in [4.78, 5) is 17.0. The van der Waals surface area contributed by atoms with Crippen LogP contribution in [0.2, 0.25) is 0 Å². The lowest BCUT2D eigenvalue weighted by Gasteiger charge is -2.28. The minimum absolute atomic E-state index is 0.478. The Balaban J connectivity index is 1.48. The first-order valence-corrected chi connectivity index (χ1v) is 11.9. The van der Waals surface area contributed by atoms with E-state index in [1.54, 1.807) is 6.20 Å². The van der Waals surface area contributed by atoms with Gasteiger partial charge in [0.05, 0.1) is 35.3 Å². The lowest BCUT2D eigenvalue weighted by molar-refractivity contribution is 0.122. The second kappa shape index (κ2) is 10.3. The Hall–Kier alpha value is -2.36. The third kappa shape index (κ3) is 5.87. The number of para-hydroxylation sites is 1. The van der Waals surface area contributed by atoms with Crippen LogP contribution >= 0.6 is 27.7 Å². The lowest BCUT2D eigenvalue weighted by Crippen LogP contribution is -2.36. The van der Waals surface area contributed by atoms with E-state index >= 15 is 0 Å². The first-order chi connectivity index (χ1) is 15.1. The van der Waals surface area contributed by atoms with Crippen LogP contribution in [0, 0.1) is 0 Å². The molecular weight excluding hydrogens is 476 g/mol. The summed E-state index contributed by atoms with van der Waals surface area (Å²) in [5.41, 5.74) is 2.10. The van der Waals surface area contributed by atoms with Gasteiger partial charge in [-0.25, -0.2) is 9.97 Å². The highest BCUT2D eigenvalue weighted by atomic mass is 79.9. The number of hydrogen-bond acceptors (Lipinski definition) is 8. The maximum atomic E-state index is 5.41. The van der Waals surface area contributed by atoms with E-state index in [1.165, 1.54) is 4.90 Å². The normalized spacial score (nSPS) is 14.0. The number of pyridine rings is 1.